The van der Waals surface area contributed by atoms with Crippen molar-refractivity contribution in [1.29, 1.82) is 5.26 Å². The molecule has 5 heterocycles. The third-order valence-electron chi connectivity index (χ3n) is 12.8. The largest absolute Gasteiger partial charge is 0.508 e. The van der Waals surface area contributed by atoms with Crippen LogP contribution in [0.25, 0.3) is 33.3 Å². The second kappa shape index (κ2) is 18.3. The Labute approximate surface area is 383 Å². The minimum absolute atomic E-state index is 0.0502. The number of benzene rings is 2. The first-order chi connectivity index (χ1) is 31.2. The predicted molar refractivity (Wildman–Crippen MR) is 243 cm³/mol. The maximum absolute atomic E-state index is 14.7. The number of hydrogen-bond acceptors (Lipinski definition) is 12. The number of β-amino-alcohol motifs (C(OH)–C–C–N with tert-alkyl or cyclic N) is 1. The number of aliphatic hydroxyl groups is 2. The van der Waals surface area contributed by atoms with Gasteiger partial charge in [-0.25, -0.2) is 4.79 Å². The van der Waals surface area contributed by atoms with Crippen molar-refractivity contribution in [3.05, 3.63) is 84.7 Å². The first kappa shape index (κ1) is 47.4. The molecule has 3 aliphatic rings. The van der Waals surface area contributed by atoms with Gasteiger partial charge in [-0.2, -0.15) is 10.7 Å². The Morgan fingerprint density at radius 1 is 1.06 bits per heavy atom. The van der Waals surface area contributed by atoms with Gasteiger partial charge in [-0.05, 0) is 90.4 Å². The van der Waals surface area contributed by atoms with E-state index in [1.165, 1.54) is 18.0 Å². The molecule has 5 atom stereocenters. The minimum Gasteiger partial charge on any atom is -0.508 e. The van der Waals surface area contributed by atoms with Crippen molar-refractivity contribution in [2.45, 2.75) is 96.2 Å². The lowest BCUT2D eigenvalue weighted by Gasteiger charge is -2.40. The SMILES string of the molecule is C=CC(=O)N1CC[C@](O)(C(=O)N(C)[C@H](C(=O)N[C@H]2Cc3cc(O)cc(c3)-c3ccc4c(c3)c(c(-c3cccnc3)n4[C@H](C)C#N)CC(C)(C)COC(=O)[C@@]3(O)CCCN(N3)C2=O)C(C)C)C1. The molecule has 0 unspecified atom stereocenters. The monoisotopic (exact) mass is 902 g/mol. The lowest BCUT2D eigenvalue weighted by Crippen LogP contribution is -2.67. The van der Waals surface area contributed by atoms with Crippen LogP contribution < -0.4 is 10.7 Å². The van der Waals surface area contributed by atoms with Crippen molar-refractivity contribution in [3.8, 4) is 34.2 Å². The maximum atomic E-state index is 14.7. The fraction of sp³-hybridized carbons (Fsp3) is 0.449. The lowest BCUT2D eigenvalue weighted by atomic mass is 9.84. The molecule has 4 amide bonds. The third kappa shape index (κ3) is 9.26. The number of carbonyl (C=O) groups excluding carboxylic acids is 5. The normalized spacial score (nSPS) is 23.1. The molecule has 0 spiro atoms. The van der Waals surface area contributed by atoms with E-state index < -0.39 is 70.4 Å². The van der Waals surface area contributed by atoms with Gasteiger partial charge in [0, 0.05) is 68.2 Å². The van der Waals surface area contributed by atoms with Gasteiger partial charge in [-0.3, -0.25) is 29.2 Å². The van der Waals surface area contributed by atoms with Crippen LogP contribution in [0.3, 0.4) is 0 Å². The van der Waals surface area contributed by atoms with E-state index >= 15 is 0 Å². The molecule has 348 valence electrons. The maximum Gasteiger partial charge on any atom is 0.355 e. The molecular formula is C49H58N8O9. The number of likely N-dealkylation sites (tertiary alicyclic amines) is 1. The van der Waals surface area contributed by atoms with Crippen LogP contribution in [0.4, 0.5) is 0 Å². The van der Waals surface area contributed by atoms with E-state index in [1.807, 2.05) is 55.7 Å². The second-order valence-corrected chi connectivity index (χ2v) is 19.0. The topological polar surface area (TPSA) is 231 Å². The number of aromatic nitrogens is 2. The van der Waals surface area contributed by atoms with Crippen LogP contribution in [0.5, 0.6) is 5.75 Å². The summed E-state index contributed by atoms with van der Waals surface area (Å²) in [6, 6.07) is 13.6. The lowest BCUT2D eigenvalue weighted by molar-refractivity contribution is -0.189. The number of fused-ring (bicyclic) bond motifs is 6. The molecule has 66 heavy (non-hydrogen) atoms. The highest BCUT2D eigenvalue weighted by Gasteiger charge is 2.49. The summed E-state index contributed by atoms with van der Waals surface area (Å²) in [5, 5.41) is 49.6. The quantitative estimate of drug-likeness (QED) is 0.126. The van der Waals surface area contributed by atoms with Gasteiger partial charge in [0.1, 0.15) is 23.9 Å². The Hall–Kier alpha value is -6.61. The zero-order valence-corrected chi connectivity index (χ0v) is 38.2. The second-order valence-electron chi connectivity index (χ2n) is 19.0. The molecule has 3 aliphatic heterocycles. The van der Waals surface area contributed by atoms with E-state index in [2.05, 4.69) is 28.4 Å². The number of amides is 4. The van der Waals surface area contributed by atoms with Gasteiger partial charge in [0.25, 0.3) is 11.8 Å². The summed E-state index contributed by atoms with van der Waals surface area (Å²) in [5.41, 5.74) is 2.59. The number of carbonyl (C=O) groups is 5. The summed E-state index contributed by atoms with van der Waals surface area (Å²) >= 11 is 0. The number of rotatable bonds is 8. The van der Waals surface area contributed by atoms with Crippen molar-refractivity contribution in [2.24, 2.45) is 11.3 Å². The Kier molecular flexibility index (Phi) is 13.2. The molecule has 17 nitrogen and oxygen atoms in total. The van der Waals surface area contributed by atoms with Gasteiger partial charge in [-0.1, -0.05) is 46.4 Å². The van der Waals surface area contributed by atoms with Crippen LogP contribution in [0, 0.1) is 22.7 Å². The fourth-order valence-corrected chi connectivity index (χ4v) is 9.57. The van der Waals surface area contributed by atoms with E-state index in [0.717, 1.165) is 43.7 Å². The number of aromatic hydroxyl groups is 1. The number of phenols is 1. The smallest absolute Gasteiger partial charge is 0.355 e. The Morgan fingerprint density at radius 2 is 1.82 bits per heavy atom. The van der Waals surface area contributed by atoms with Crippen LogP contribution in [0.2, 0.25) is 0 Å². The van der Waals surface area contributed by atoms with Gasteiger partial charge < -0.3 is 39.7 Å². The molecule has 2 fully saturated rings. The number of nitriles is 1. The zero-order chi connectivity index (χ0) is 47.9. The summed E-state index contributed by atoms with van der Waals surface area (Å²) in [6.07, 6.45) is 4.73. The number of cyclic esters (lactones) is 1. The third-order valence-corrected chi connectivity index (χ3v) is 12.8. The van der Waals surface area contributed by atoms with Crippen molar-refractivity contribution in [3.63, 3.8) is 0 Å². The molecule has 0 radical (unpaired) electrons. The number of hydrazine groups is 1. The highest BCUT2D eigenvalue weighted by Crippen LogP contribution is 2.42. The van der Waals surface area contributed by atoms with Crippen molar-refractivity contribution in [1.82, 2.24) is 35.1 Å². The summed E-state index contributed by atoms with van der Waals surface area (Å²) in [7, 11) is 1.38. The number of likely N-dealkylation sites (N-methyl/N-ethyl adjacent to an activating group) is 1. The molecular weight excluding hydrogens is 845 g/mol. The van der Waals surface area contributed by atoms with Crippen LogP contribution in [-0.4, -0.2) is 126 Å². The first-order valence-corrected chi connectivity index (χ1v) is 22.2. The van der Waals surface area contributed by atoms with Crippen molar-refractivity contribution < 1.29 is 44.0 Å². The molecule has 0 aliphatic carbocycles. The average molecular weight is 903 g/mol. The first-order valence-electron chi connectivity index (χ1n) is 22.2. The number of hydrogen-bond donors (Lipinski definition) is 5. The minimum atomic E-state index is -2.32. The van der Waals surface area contributed by atoms with Gasteiger partial charge in [0.2, 0.25) is 17.5 Å². The zero-order valence-electron chi connectivity index (χ0n) is 38.2. The fourth-order valence-electron chi connectivity index (χ4n) is 9.57. The van der Waals surface area contributed by atoms with Gasteiger partial charge in [0.05, 0.1) is 30.4 Å². The molecule has 17 heteroatoms. The van der Waals surface area contributed by atoms with Crippen molar-refractivity contribution in [2.75, 3.05) is 33.3 Å². The number of ether oxygens (including phenoxy) is 1. The molecule has 2 aromatic heterocycles. The van der Waals surface area contributed by atoms with E-state index in [1.54, 1.807) is 38.4 Å². The summed E-state index contributed by atoms with van der Waals surface area (Å²) in [6.45, 7) is 12.3. The number of nitrogens with one attached hydrogen (secondary N) is 2. The number of phenolic OH excluding ortho intramolecular Hbond substituents is 1. The Bertz CT molecular complexity index is 2620. The number of esters is 1. The van der Waals surface area contributed by atoms with E-state index in [-0.39, 0.29) is 57.7 Å². The molecule has 0 saturated carbocycles. The number of pyridine rings is 1. The van der Waals surface area contributed by atoms with Gasteiger partial charge in [0.15, 0.2) is 5.60 Å². The van der Waals surface area contributed by atoms with E-state index in [0.29, 0.717) is 23.1 Å². The highest BCUT2D eigenvalue weighted by atomic mass is 16.6. The van der Waals surface area contributed by atoms with Crippen LogP contribution in [0.1, 0.15) is 71.0 Å². The van der Waals surface area contributed by atoms with Gasteiger partial charge in [-0.15, -0.1) is 0 Å². The van der Waals surface area contributed by atoms with E-state index in [4.69, 9.17) is 4.74 Å². The summed E-state index contributed by atoms with van der Waals surface area (Å²) in [4.78, 5) is 76.2. The highest BCUT2D eigenvalue weighted by molar-refractivity contribution is 5.97. The number of nitrogens with zero attached hydrogens (tertiary/aromatic N) is 6. The summed E-state index contributed by atoms with van der Waals surface area (Å²) < 4.78 is 7.84. The molecule has 6 bridgehead atoms. The van der Waals surface area contributed by atoms with Gasteiger partial charge >= 0.3 is 5.97 Å². The van der Waals surface area contributed by atoms with Crippen LogP contribution in [0.15, 0.2) is 73.6 Å². The summed E-state index contributed by atoms with van der Waals surface area (Å²) in [5.74, 6) is -4.31. The Balaban J connectivity index is 1.32. The standard InChI is InChI=1S/C49H58N8O9/c1-8-40(59)55-18-15-48(64,27-55)45(62)54(7)41(29(2)3)43(60)52-38-21-31-19-34(22-35(58)20-31)32-12-13-39-36(23-32)37(42(57(39)30(4)25-50)33-11-9-16-51-26-33)24-47(5,6)28-66-46(63)49(65)14-10-17-56(53-49)44(38)61/h8-9,11-13,16,19-20,22-23,26,29-30,38,41,53,58,64-65H,1,10,14-15,17-18,21,24,27-28H2,2-7H3,(H,52,60)/t30-,38+,41+,48-,49+/m1/s1. The molecule has 2 saturated heterocycles. The Morgan fingerprint density at radius 3 is 2.50 bits per heavy atom. The predicted octanol–water partition coefficient (Wildman–Crippen LogP) is 3.76. The molecule has 7 rings (SSSR count). The van der Waals surface area contributed by atoms with Crippen molar-refractivity contribution >= 4 is 40.5 Å². The average Bonchev–Trinajstić information content (AvgIpc) is 3.84. The van der Waals surface area contributed by atoms with Crippen LogP contribution in [-0.2, 0) is 41.6 Å². The van der Waals surface area contributed by atoms with Crippen LogP contribution >= 0.6 is 0 Å². The van der Waals surface area contributed by atoms with E-state index in [9.17, 15) is 44.6 Å². The molecule has 4 aromatic rings. The molecule has 5 N–H and O–H groups in total. The molecule has 2 aromatic carbocycles.